The molecular formula is C32H72O4Si4. The van der Waals surface area contributed by atoms with Gasteiger partial charge in [-0.1, -0.05) is 158 Å². The van der Waals surface area contributed by atoms with Crippen molar-refractivity contribution in [3.8, 4) is 0 Å². The fourth-order valence-electron chi connectivity index (χ4n) is 6.32. The number of hydrogen-bond acceptors (Lipinski definition) is 4. The van der Waals surface area contributed by atoms with E-state index < -0.39 is 34.2 Å². The second-order valence-electron chi connectivity index (χ2n) is 12.9. The molecule has 0 N–H and O–H groups in total. The van der Waals surface area contributed by atoms with Crippen LogP contribution in [0.3, 0.4) is 0 Å². The summed E-state index contributed by atoms with van der Waals surface area (Å²) in [4.78, 5) is 0. The molecule has 0 bridgehead atoms. The normalized spacial score (nSPS) is 19.8. The van der Waals surface area contributed by atoms with Crippen molar-refractivity contribution < 1.29 is 16.5 Å². The molecule has 240 valence electrons. The lowest BCUT2D eigenvalue weighted by molar-refractivity contribution is 0.202. The highest BCUT2D eigenvalue weighted by Gasteiger charge is 2.60. The zero-order chi connectivity index (χ0) is 29.8. The predicted molar refractivity (Wildman–Crippen MR) is 185 cm³/mol. The second-order valence-corrected chi connectivity index (χ2v) is 27.4. The van der Waals surface area contributed by atoms with Gasteiger partial charge in [0, 0.05) is 0 Å². The molecule has 0 unspecified atom stereocenters. The van der Waals surface area contributed by atoms with E-state index in [9.17, 15) is 0 Å². The lowest BCUT2D eigenvalue weighted by Gasteiger charge is -2.54. The largest absolute Gasteiger partial charge is 0.415 e. The summed E-state index contributed by atoms with van der Waals surface area (Å²) in [5.74, 6) is 0. The Kier molecular flexibility index (Phi) is 20.7. The molecule has 4 nitrogen and oxygen atoms in total. The Morgan fingerprint density at radius 3 is 0.475 bits per heavy atom. The van der Waals surface area contributed by atoms with E-state index in [1.54, 1.807) is 0 Å². The molecule has 0 amide bonds. The summed E-state index contributed by atoms with van der Waals surface area (Å²) in [5, 5.41) is 0. The summed E-state index contributed by atoms with van der Waals surface area (Å²) in [5.41, 5.74) is 0. The third kappa shape index (κ3) is 13.1. The number of hydrogen-bond donors (Lipinski definition) is 0. The Morgan fingerprint density at radius 2 is 0.375 bits per heavy atom. The minimum absolute atomic E-state index is 1.13. The molecule has 1 saturated heterocycles. The molecule has 0 aromatic heterocycles. The van der Waals surface area contributed by atoms with Gasteiger partial charge in [0.25, 0.3) is 0 Å². The highest BCUT2D eigenvalue weighted by Crippen LogP contribution is 2.46. The Bertz CT molecular complexity index is 470. The molecule has 1 aliphatic rings. The third-order valence-electron chi connectivity index (χ3n) is 8.78. The monoisotopic (exact) mass is 632 g/mol. The van der Waals surface area contributed by atoms with Crippen LogP contribution in [0.4, 0.5) is 0 Å². The van der Waals surface area contributed by atoms with Crippen LogP contribution in [0.15, 0.2) is 0 Å². The van der Waals surface area contributed by atoms with Crippen LogP contribution in [-0.4, -0.2) is 34.2 Å². The van der Waals surface area contributed by atoms with Crippen LogP contribution in [0.1, 0.15) is 158 Å². The van der Waals surface area contributed by atoms with Gasteiger partial charge in [-0.3, -0.25) is 0 Å². The van der Waals surface area contributed by atoms with Gasteiger partial charge in [-0.25, -0.2) is 0 Å². The molecule has 0 aliphatic carbocycles. The molecule has 0 aromatic rings. The fourth-order valence-corrected chi connectivity index (χ4v) is 34.0. The zero-order valence-electron chi connectivity index (χ0n) is 28.6. The lowest BCUT2D eigenvalue weighted by Crippen LogP contribution is -2.70. The van der Waals surface area contributed by atoms with E-state index in [0.29, 0.717) is 0 Å². The van der Waals surface area contributed by atoms with Crippen LogP contribution in [0.5, 0.6) is 0 Å². The molecule has 0 saturated carbocycles. The Balaban J connectivity index is 3.91. The van der Waals surface area contributed by atoms with Gasteiger partial charge in [0.2, 0.25) is 0 Å². The van der Waals surface area contributed by atoms with Crippen molar-refractivity contribution >= 4 is 34.2 Å². The summed E-state index contributed by atoms with van der Waals surface area (Å²) in [7, 11) is -10.0. The molecule has 0 aromatic carbocycles. The lowest BCUT2D eigenvalue weighted by atomic mass is 10.4. The first kappa shape index (κ1) is 38.7. The first-order valence-electron chi connectivity index (χ1n) is 18.1. The summed E-state index contributed by atoms with van der Waals surface area (Å²) < 4.78 is 31.7. The highest BCUT2D eigenvalue weighted by atomic mass is 28.5. The van der Waals surface area contributed by atoms with Gasteiger partial charge >= 0.3 is 34.2 Å². The fraction of sp³-hybridized carbons (Fsp3) is 1.00. The molecule has 0 atom stereocenters. The summed E-state index contributed by atoms with van der Waals surface area (Å²) in [6.07, 6.45) is 19.3. The number of rotatable bonds is 24. The first-order valence-corrected chi connectivity index (χ1v) is 27.0. The van der Waals surface area contributed by atoms with Gasteiger partial charge in [-0.2, -0.15) is 0 Å². The van der Waals surface area contributed by atoms with E-state index >= 15 is 0 Å². The molecule has 0 spiro atoms. The molecule has 0 radical (unpaired) electrons. The Morgan fingerprint density at radius 1 is 0.250 bits per heavy atom. The van der Waals surface area contributed by atoms with Crippen molar-refractivity contribution in [3.63, 3.8) is 0 Å². The van der Waals surface area contributed by atoms with Crippen molar-refractivity contribution in [2.45, 2.75) is 206 Å². The van der Waals surface area contributed by atoms with Crippen molar-refractivity contribution in [1.82, 2.24) is 0 Å². The van der Waals surface area contributed by atoms with Gasteiger partial charge < -0.3 is 16.5 Å². The summed E-state index contributed by atoms with van der Waals surface area (Å²) in [6, 6.07) is 9.07. The average molecular weight is 633 g/mol. The maximum absolute atomic E-state index is 7.93. The molecule has 40 heavy (non-hydrogen) atoms. The van der Waals surface area contributed by atoms with Crippen molar-refractivity contribution in [3.05, 3.63) is 0 Å². The molecule has 8 heteroatoms. The van der Waals surface area contributed by atoms with Crippen LogP contribution < -0.4 is 0 Å². The molecular weight excluding hydrogens is 561 g/mol. The smallest absolute Gasteiger partial charge is 0.320 e. The maximum atomic E-state index is 7.93. The zero-order valence-corrected chi connectivity index (χ0v) is 32.6. The highest BCUT2D eigenvalue weighted by molar-refractivity contribution is 6.95. The minimum Gasteiger partial charge on any atom is -0.415 e. The van der Waals surface area contributed by atoms with E-state index in [-0.39, 0.29) is 0 Å². The maximum Gasteiger partial charge on any atom is 0.320 e. The number of unbranched alkanes of at least 4 members (excludes halogenated alkanes) is 8. The van der Waals surface area contributed by atoms with Crippen molar-refractivity contribution in [2.75, 3.05) is 0 Å². The summed E-state index contributed by atoms with van der Waals surface area (Å²) in [6.45, 7) is 18.7. The third-order valence-corrected chi connectivity index (χ3v) is 29.6. The van der Waals surface area contributed by atoms with Crippen LogP contribution >= 0.6 is 0 Å². The van der Waals surface area contributed by atoms with Gasteiger partial charge in [0.15, 0.2) is 0 Å². The van der Waals surface area contributed by atoms with Gasteiger partial charge in [0.1, 0.15) is 0 Å². The Hall–Kier alpha value is 0.708. The summed E-state index contributed by atoms with van der Waals surface area (Å²) >= 11 is 0. The standard InChI is InChI=1S/C32H72O4Si4/c1-9-17-25-37(26-18-10-2)33-38(27-19-11-3,28-20-12-4)35-40(31-23-15-7,32-24-16-8)36-39(34-37,29-21-13-5)30-22-14-6/h9-32H2,1-8H3. The van der Waals surface area contributed by atoms with Crippen molar-refractivity contribution in [1.29, 1.82) is 0 Å². The van der Waals surface area contributed by atoms with E-state index in [1.165, 1.54) is 103 Å². The van der Waals surface area contributed by atoms with Gasteiger partial charge in [-0.05, 0) is 48.4 Å². The van der Waals surface area contributed by atoms with Crippen molar-refractivity contribution in [2.24, 2.45) is 0 Å². The first-order chi connectivity index (χ1) is 19.3. The average Bonchev–Trinajstić information content (AvgIpc) is 2.96. The van der Waals surface area contributed by atoms with Gasteiger partial charge in [-0.15, -0.1) is 0 Å². The molecule has 1 rings (SSSR count). The van der Waals surface area contributed by atoms with Gasteiger partial charge in [0.05, 0.1) is 0 Å². The second kappa shape index (κ2) is 21.4. The SMILES string of the molecule is CCCC[Si]1(CCCC)O[Si](CCCC)(CCCC)O[Si](CCCC)(CCCC)O[Si](CCCC)(CCCC)O1. The molecule has 1 aliphatic heterocycles. The predicted octanol–water partition coefficient (Wildman–Crippen LogP) is 12.2. The van der Waals surface area contributed by atoms with Crippen LogP contribution in [0.25, 0.3) is 0 Å². The van der Waals surface area contributed by atoms with Crippen LogP contribution in [0, 0.1) is 0 Å². The van der Waals surface area contributed by atoms with Crippen LogP contribution in [-0.2, 0) is 16.5 Å². The van der Waals surface area contributed by atoms with E-state index in [1.807, 2.05) is 0 Å². The van der Waals surface area contributed by atoms with Crippen LogP contribution in [0.2, 0.25) is 48.4 Å². The van der Waals surface area contributed by atoms with E-state index in [4.69, 9.17) is 16.5 Å². The molecule has 1 heterocycles. The Labute approximate surface area is 256 Å². The minimum atomic E-state index is -2.51. The van der Waals surface area contributed by atoms with E-state index in [2.05, 4.69) is 55.4 Å². The molecule has 1 fully saturated rings. The topological polar surface area (TPSA) is 36.9 Å². The van der Waals surface area contributed by atoms with E-state index in [0.717, 1.165) is 48.4 Å². The quantitative estimate of drug-likeness (QED) is 0.0992.